The van der Waals surface area contributed by atoms with Gasteiger partial charge in [-0.3, -0.25) is 0 Å². The van der Waals surface area contributed by atoms with Crippen molar-refractivity contribution in [3.05, 3.63) is 263 Å². The van der Waals surface area contributed by atoms with Gasteiger partial charge in [-0.15, -0.1) is 0 Å². The lowest BCUT2D eigenvalue weighted by molar-refractivity contribution is 0.435. The van der Waals surface area contributed by atoms with E-state index in [0.29, 0.717) is 0 Å². The summed E-state index contributed by atoms with van der Waals surface area (Å²) in [5, 5.41) is 2.54. The van der Waals surface area contributed by atoms with Crippen molar-refractivity contribution < 1.29 is 4.74 Å². The molecule has 1 nitrogen and oxygen atoms in total. The third-order valence-corrected chi connectivity index (χ3v) is 12.1. The molecule has 0 amide bonds. The molecule has 258 valence electrons. The highest BCUT2D eigenvalue weighted by molar-refractivity contribution is 6.04. The van der Waals surface area contributed by atoms with Gasteiger partial charge in [-0.25, -0.2) is 0 Å². The Hall–Kier alpha value is -6.96. The lowest BCUT2D eigenvalue weighted by atomic mass is 9.62. The first kappa shape index (κ1) is 31.6. The molecule has 11 rings (SSSR count). The molecular weight excluding hydrogens is 665 g/mol. The molecule has 1 atom stereocenters. The zero-order valence-corrected chi connectivity index (χ0v) is 30.2. The summed E-state index contributed by atoms with van der Waals surface area (Å²) in [5.41, 5.74) is 13.5. The summed E-state index contributed by atoms with van der Waals surface area (Å²) in [6.07, 6.45) is 0. The van der Waals surface area contributed by atoms with E-state index in [9.17, 15) is 0 Å². The van der Waals surface area contributed by atoms with E-state index >= 15 is 0 Å². The Morgan fingerprint density at radius 1 is 0.327 bits per heavy atom. The molecule has 0 spiro atoms. The molecule has 1 heteroatoms. The molecule has 0 N–H and O–H groups in total. The second kappa shape index (κ2) is 12.3. The first-order valence-electron chi connectivity index (χ1n) is 19.1. The summed E-state index contributed by atoms with van der Waals surface area (Å²) in [4.78, 5) is 0. The molecule has 9 aromatic rings. The fraction of sp³-hybridized carbons (Fsp3) is 0.0370. The average molecular weight is 701 g/mol. The van der Waals surface area contributed by atoms with Crippen LogP contribution in [0.5, 0.6) is 11.5 Å². The predicted octanol–water partition coefficient (Wildman–Crippen LogP) is 13.4. The predicted molar refractivity (Wildman–Crippen MR) is 225 cm³/mol. The van der Waals surface area contributed by atoms with Crippen molar-refractivity contribution in [2.24, 2.45) is 0 Å². The van der Waals surface area contributed by atoms with Gasteiger partial charge in [0.1, 0.15) is 11.5 Å². The van der Waals surface area contributed by atoms with Gasteiger partial charge in [0.2, 0.25) is 0 Å². The van der Waals surface area contributed by atoms with Gasteiger partial charge in [0, 0.05) is 11.1 Å². The van der Waals surface area contributed by atoms with Gasteiger partial charge in [-0.2, -0.15) is 0 Å². The Morgan fingerprint density at radius 3 is 1.62 bits per heavy atom. The van der Waals surface area contributed by atoms with E-state index in [-0.39, 0.29) is 0 Å². The van der Waals surface area contributed by atoms with Crippen molar-refractivity contribution in [1.29, 1.82) is 0 Å². The van der Waals surface area contributed by atoms with Crippen LogP contribution >= 0.6 is 0 Å². The van der Waals surface area contributed by atoms with Crippen LogP contribution in [0.2, 0.25) is 0 Å². The van der Waals surface area contributed by atoms with E-state index < -0.39 is 10.8 Å². The number of hydrogen-bond acceptors (Lipinski definition) is 1. The van der Waals surface area contributed by atoms with Gasteiger partial charge in [-0.1, -0.05) is 200 Å². The van der Waals surface area contributed by atoms with Crippen molar-refractivity contribution in [3.8, 4) is 33.8 Å². The van der Waals surface area contributed by atoms with Crippen LogP contribution in [0.3, 0.4) is 0 Å². The van der Waals surface area contributed by atoms with Gasteiger partial charge in [-0.05, 0) is 84.6 Å². The van der Waals surface area contributed by atoms with Crippen LogP contribution in [-0.2, 0) is 10.8 Å². The molecule has 0 aromatic heterocycles. The molecule has 0 radical (unpaired) electrons. The minimum absolute atomic E-state index is 0.541. The van der Waals surface area contributed by atoms with E-state index in [0.717, 1.165) is 33.8 Å². The number of benzene rings is 9. The number of rotatable bonds is 5. The largest absolute Gasteiger partial charge is 0.457 e. The van der Waals surface area contributed by atoms with Gasteiger partial charge in [0.15, 0.2) is 0 Å². The second-order valence-corrected chi connectivity index (χ2v) is 14.7. The van der Waals surface area contributed by atoms with E-state index in [4.69, 9.17) is 4.74 Å². The van der Waals surface area contributed by atoms with Crippen molar-refractivity contribution in [2.75, 3.05) is 0 Å². The third-order valence-electron chi connectivity index (χ3n) is 12.1. The van der Waals surface area contributed by atoms with Crippen molar-refractivity contribution in [3.63, 3.8) is 0 Å². The highest BCUT2D eigenvalue weighted by Crippen LogP contribution is 2.60. The Balaban J connectivity index is 1.23. The number of ether oxygens (including phenoxy) is 1. The third kappa shape index (κ3) is 4.41. The molecule has 1 aliphatic heterocycles. The second-order valence-electron chi connectivity index (χ2n) is 14.7. The Bertz CT molecular complexity index is 2850. The molecule has 0 fully saturated rings. The Morgan fingerprint density at radius 2 is 0.873 bits per heavy atom. The molecule has 2 aliphatic rings. The zero-order valence-electron chi connectivity index (χ0n) is 30.2. The van der Waals surface area contributed by atoms with Crippen LogP contribution in [0.25, 0.3) is 33.0 Å². The maximum atomic E-state index is 6.89. The minimum Gasteiger partial charge on any atom is -0.457 e. The van der Waals surface area contributed by atoms with E-state index in [2.05, 4.69) is 218 Å². The number of hydrogen-bond donors (Lipinski definition) is 0. The van der Waals surface area contributed by atoms with Crippen LogP contribution in [-0.4, -0.2) is 0 Å². The highest BCUT2D eigenvalue weighted by Gasteiger charge is 2.49. The van der Waals surface area contributed by atoms with Crippen LogP contribution in [0.15, 0.2) is 218 Å². The number of fused-ring (bicyclic) bond motifs is 7. The molecule has 1 aliphatic carbocycles. The molecular formula is C54H36O. The van der Waals surface area contributed by atoms with Crippen LogP contribution < -0.4 is 4.74 Å². The van der Waals surface area contributed by atoms with Crippen LogP contribution in [0.1, 0.15) is 44.5 Å². The van der Waals surface area contributed by atoms with E-state index in [1.807, 2.05) is 0 Å². The quantitative estimate of drug-likeness (QED) is 0.174. The molecule has 1 heterocycles. The first-order chi connectivity index (χ1) is 27.3. The number of para-hydroxylation sites is 1. The molecule has 0 saturated carbocycles. The smallest absolute Gasteiger partial charge is 0.132 e. The van der Waals surface area contributed by atoms with Crippen molar-refractivity contribution >= 4 is 10.8 Å². The van der Waals surface area contributed by atoms with Crippen molar-refractivity contribution in [1.82, 2.24) is 0 Å². The summed E-state index contributed by atoms with van der Waals surface area (Å²) < 4.78 is 6.89. The summed E-state index contributed by atoms with van der Waals surface area (Å²) >= 11 is 0. The normalized spacial score (nSPS) is 16.0. The Labute approximate surface area is 321 Å². The lowest BCUT2D eigenvalue weighted by Crippen LogP contribution is -2.34. The van der Waals surface area contributed by atoms with E-state index in [1.54, 1.807) is 0 Å². The standard InChI is InChI=1S/C54H36O/c1-4-20-39(21-5-1)53(46-30-13-12-28-45(46)51-43-27-11-10-18-37(43)34-35-48(51)53)42-26-16-19-38(36-42)44-29-17-33-50-52(44)54(40-22-6-2-7-23-40,41-24-8-3-9-25-41)47-31-14-15-32-49(47)55-50/h1-36H. The topological polar surface area (TPSA) is 9.23 Å². The minimum atomic E-state index is -0.637. The summed E-state index contributed by atoms with van der Waals surface area (Å²) in [7, 11) is 0. The maximum absolute atomic E-state index is 6.89. The lowest BCUT2D eigenvalue weighted by Gasteiger charge is -2.43. The molecule has 0 bridgehead atoms. The molecule has 1 unspecified atom stereocenters. The van der Waals surface area contributed by atoms with Crippen LogP contribution in [0.4, 0.5) is 0 Å². The molecule has 0 saturated heterocycles. The fourth-order valence-electron chi connectivity index (χ4n) is 9.95. The van der Waals surface area contributed by atoms with Crippen LogP contribution in [0, 0.1) is 0 Å². The molecule has 55 heavy (non-hydrogen) atoms. The Kier molecular flexibility index (Phi) is 7.06. The molecule has 9 aromatic carbocycles. The summed E-state index contributed by atoms with van der Waals surface area (Å²) in [6.45, 7) is 0. The maximum Gasteiger partial charge on any atom is 0.132 e. The summed E-state index contributed by atoms with van der Waals surface area (Å²) in [6, 6.07) is 80.0. The highest BCUT2D eigenvalue weighted by atomic mass is 16.5. The SMILES string of the molecule is c1ccc(C2(c3cccc(-c4cccc5c4C(c4ccccc4)(c4ccccc4)c4ccccc4O5)c3)c3ccccc3-c3c2ccc2ccccc32)cc1. The monoisotopic (exact) mass is 700 g/mol. The van der Waals surface area contributed by atoms with Gasteiger partial charge >= 0.3 is 0 Å². The zero-order chi connectivity index (χ0) is 36.4. The van der Waals surface area contributed by atoms with Crippen molar-refractivity contribution in [2.45, 2.75) is 10.8 Å². The first-order valence-corrected chi connectivity index (χ1v) is 19.1. The fourth-order valence-corrected chi connectivity index (χ4v) is 9.95. The summed E-state index contributed by atoms with van der Waals surface area (Å²) in [5.74, 6) is 1.75. The van der Waals surface area contributed by atoms with E-state index in [1.165, 1.54) is 55.3 Å². The van der Waals surface area contributed by atoms with Gasteiger partial charge in [0.25, 0.3) is 0 Å². The average Bonchev–Trinajstić information content (AvgIpc) is 3.58. The van der Waals surface area contributed by atoms with Gasteiger partial charge < -0.3 is 4.74 Å². The van der Waals surface area contributed by atoms with Gasteiger partial charge in [0.05, 0.1) is 10.8 Å².